The molecule has 1 saturated heterocycles. The highest BCUT2D eigenvalue weighted by atomic mass is 19.4. The first-order chi connectivity index (χ1) is 17.1. The Morgan fingerprint density at radius 3 is 2.56 bits per heavy atom. The maximum Gasteiger partial charge on any atom is 0.392 e. The lowest BCUT2D eigenvalue weighted by Gasteiger charge is -2.34. The minimum absolute atomic E-state index is 0.110. The zero-order valence-electron chi connectivity index (χ0n) is 19.3. The smallest absolute Gasteiger partial charge is 0.392 e. The second-order valence-corrected chi connectivity index (χ2v) is 9.05. The van der Waals surface area contributed by atoms with Gasteiger partial charge in [-0.1, -0.05) is 18.2 Å². The predicted octanol–water partition coefficient (Wildman–Crippen LogP) is 3.26. The fraction of sp³-hybridized carbons (Fsp3) is 0.440. The number of hydrogen-bond donors (Lipinski definition) is 3. The van der Waals surface area contributed by atoms with E-state index in [2.05, 4.69) is 5.32 Å². The van der Waals surface area contributed by atoms with E-state index in [-0.39, 0.29) is 32.5 Å². The second-order valence-electron chi connectivity index (χ2n) is 9.05. The van der Waals surface area contributed by atoms with E-state index in [1.165, 1.54) is 4.90 Å². The number of alkyl halides is 4. The van der Waals surface area contributed by atoms with Crippen LogP contribution in [0.4, 0.5) is 23.2 Å². The molecule has 2 aromatic carbocycles. The van der Waals surface area contributed by atoms with Crippen molar-refractivity contribution in [3.8, 4) is 16.9 Å². The highest BCUT2D eigenvalue weighted by Crippen LogP contribution is 2.50. The first-order valence-electron chi connectivity index (χ1n) is 11.6. The van der Waals surface area contributed by atoms with Crippen LogP contribution in [-0.2, 0) is 16.1 Å². The fourth-order valence-corrected chi connectivity index (χ4v) is 4.40. The number of ether oxygens (including phenoxy) is 1. The van der Waals surface area contributed by atoms with Crippen LogP contribution in [0, 0.1) is 11.8 Å². The van der Waals surface area contributed by atoms with Crippen molar-refractivity contribution in [1.29, 1.82) is 0 Å². The minimum atomic E-state index is -4.37. The Balaban J connectivity index is 1.43. The molecule has 4 atom stereocenters. The van der Waals surface area contributed by atoms with Crippen molar-refractivity contribution in [1.82, 2.24) is 4.90 Å². The van der Waals surface area contributed by atoms with E-state index in [0.717, 1.165) is 5.56 Å². The van der Waals surface area contributed by atoms with Crippen LogP contribution in [0.25, 0.3) is 11.1 Å². The van der Waals surface area contributed by atoms with Crippen molar-refractivity contribution in [3.05, 3.63) is 48.0 Å². The van der Waals surface area contributed by atoms with Crippen LogP contribution in [-0.4, -0.2) is 60.0 Å². The first kappa shape index (κ1) is 25.9. The fourth-order valence-electron chi connectivity index (χ4n) is 4.40. The summed E-state index contributed by atoms with van der Waals surface area (Å²) in [5.74, 6) is -3.44. The van der Waals surface area contributed by atoms with E-state index in [1.807, 2.05) is 0 Å². The highest BCUT2D eigenvalue weighted by molar-refractivity contribution is 5.95. The summed E-state index contributed by atoms with van der Waals surface area (Å²) in [6, 6.07) is 11.9. The zero-order chi connectivity index (χ0) is 26.0. The monoisotopic (exact) mass is 509 g/mol. The van der Waals surface area contributed by atoms with E-state index >= 15 is 0 Å². The summed E-state index contributed by atoms with van der Waals surface area (Å²) in [4.78, 5) is 25.1. The normalized spacial score (nSPS) is 23.8. The number of carbonyl (C=O) groups excluding carboxylic acids is 2. The van der Waals surface area contributed by atoms with Gasteiger partial charge in [-0.2, -0.15) is 13.2 Å². The topological polar surface area (TPSA) is 105 Å². The number of nitrogens with zero attached hydrogens (tertiary/aromatic N) is 1. The third kappa shape index (κ3) is 5.79. The molecule has 1 heterocycles. The van der Waals surface area contributed by atoms with Crippen molar-refractivity contribution in [2.75, 3.05) is 25.0 Å². The Bertz CT molecular complexity index is 1130. The van der Waals surface area contributed by atoms with Crippen LogP contribution in [0.2, 0.25) is 0 Å². The van der Waals surface area contributed by atoms with Crippen LogP contribution >= 0.6 is 0 Å². The van der Waals surface area contributed by atoms with Gasteiger partial charge in [-0.15, -0.1) is 0 Å². The van der Waals surface area contributed by atoms with Crippen molar-refractivity contribution in [3.63, 3.8) is 0 Å². The number of piperidine rings is 1. The van der Waals surface area contributed by atoms with Gasteiger partial charge in [-0.25, -0.2) is 4.39 Å². The van der Waals surface area contributed by atoms with Crippen LogP contribution in [0.15, 0.2) is 42.5 Å². The number of halogens is 4. The number of anilines is 1. The van der Waals surface area contributed by atoms with Gasteiger partial charge >= 0.3 is 6.18 Å². The number of aliphatic hydroxyl groups excluding tert-OH is 1. The molecule has 7 nitrogen and oxygen atoms in total. The molecule has 0 aromatic heterocycles. The summed E-state index contributed by atoms with van der Waals surface area (Å²) in [5.41, 5.74) is 8.34. The zero-order valence-corrected chi connectivity index (χ0v) is 19.3. The number of amides is 2. The van der Waals surface area contributed by atoms with Crippen LogP contribution in [0.3, 0.4) is 0 Å². The molecule has 4 N–H and O–H groups in total. The van der Waals surface area contributed by atoms with Crippen molar-refractivity contribution >= 4 is 17.5 Å². The lowest BCUT2D eigenvalue weighted by atomic mass is 10.0. The van der Waals surface area contributed by atoms with Crippen LogP contribution < -0.4 is 15.8 Å². The number of likely N-dealkylation sites (tertiary alicyclic amines) is 1. The van der Waals surface area contributed by atoms with E-state index in [1.54, 1.807) is 42.5 Å². The average molecular weight is 510 g/mol. The number of carbonyl (C=O) groups is 2. The maximum atomic E-state index is 14.6. The molecule has 2 amide bonds. The Morgan fingerprint density at radius 1 is 1.17 bits per heavy atom. The summed E-state index contributed by atoms with van der Waals surface area (Å²) in [6.45, 7) is -0.456. The molecule has 1 aliphatic heterocycles. The standard InChI is InChI=1S/C25H27F4N3O4/c26-20-12-32(23(34)13-33)7-6-22(20)36-21-5-4-15(8-16(21)11-30)14-2-1-3-17(9-14)31-24(35)18-10-19(18)25(27,28)29/h1-5,8-9,18-20,22,33H,6-7,10-13,30H2,(H,31,35)/t18?,19?,20-,22+/m1/s1. The molecule has 1 saturated carbocycles. The average Bonchev–Trinajstić information content (AvgIpc) is 3.67. The Labute approximate surface area is 205 Å². The molecular weight excluding hydrogens is 482 g/mol. The number of aliphatic hydroxyl groups is 1. The molecule has 194 valence electrons. The lowest BCUT2D eigenvalue weighted by molar-refractivity contribution is -0.153. The summed E-state index contributed by atoms with van der Waals surface area (Å²) >= 11 is 0. The molecule has 0 radical (unpaired) electrons. The summed E-state index contributed by atoms with van der Waals surface area (Å²) in [5, 5.41) is 11.5. The number of benzene rings is 2. The molecule has 1 aliphatic carbocycles. The molecule has 2 fully saturated rings. The lowest BCUT2D eigenvalue weighted by Crippen LogP contribution is -2.50. The summed E-state index contributed by atoms with van der Waals surface area (Å²) in [7, 11) is 0. The molecule has 2 unspecified atom stereocenters. The van der Waals surface area contributed by atoms with Gasteiger partial charge in [-0.3, -0.25) is 9.59 Å². The van der Waals surface area contributed by atoms with E-state index < -0.39 is 48.7 Å². The van der Waals surface area contributed by atoms with Gasteiger partial charge in [0.1, 0.15) is 18.5 Å². The molecule has 36 heavy (non-hydrogen) atoms. The maximum absolute atomic E-state index is 14.6. The van der Waals surface area contributed by atoms with E-state index in [0.29, 0.717) is 22.6 Å². The van der Waals surface area contributed by atoms with Crippen molar-refractivity contribution in [2.24, 2.45) is 17.6 Å². The molecule has 0 spiro atoms. The quantitative estimate of drug-likeness (QED) is 0.497. The largest absolute Gasteiger partial charge is 0.487 e. The molecule has 0 bridgehead atoms. The number of nitrogens with one attached hydrogen (secondary N) is 1. The summed E-state index contributed by atoms with van der Waals surface area (Å²) < 4.78 is 58.8. The van der Waals surface area contributed by atoms with Crippen molar-refractivity contribution in [2.45, 2.75) is 37.8 Å². The third-order valence-corrected chi connectivity index (χ3v) is 6.54. The van der Waals surface area contributed by atoms with Gasteiger partial charge in [0.2, 0.25) is 11.8 Å². The number of hydrogen-bond acceptors (Lipinski definition) is 5. The molecule has 2 aliphatic rings. The van der Waals surface area contributed by atoms with E-state index in [9.17, 15) is 27.2 Å². The van der Waals surface area contributed by atoms with Gasteiger partial charge in [0.25, 0.3) is 0 Å². The molecular formula is C25H27F4N3O4. The van der Waals surface area contributed by atoms with Crippen LogP contribution in [0.1, 0.15) is 18.4 Å². The predicted molar refractivity (Wildman–Crippen MR) is 124 cm³/mol. The Morgan fingerprint density at radius 2 is 1.92 bits per heavy atom. The van der Waals surface area contributed by atoms with Crippen molar-refractivity contribution < 1.29 is 37.0 Å². The van der Waals surface area contributed by atoms with Crippen LogP contribution in [0.5, 0.6) is 5.75 Å². The minimum Gasteiger partial charge on any atom is -0.487 e. The SMILES string of the molecule is NCc1cc(-c2cccc(NC(=O)C3CC3C(F)(F)F)c2)ccc1O[C@H]1CCN(C(=O)CO)C[C@H]1F. The Kier molecular flexibility index (Phi) is 7.51. The third-order valence-electron chi connectivity index (χ3n) is 6.54. The summed E-state index contributed by atoms with van der Waals surface area (Å²) in [6.07, 6.45) is -6.51. The van der Waals surface area contributed by atoms with Gasteiger partial charge in [-0.05, 0) is 41.8 Å². The van der Waals surface area contributed by atoms with Gasteiger partial charge in [0.05, 0.1) is 18.4 Å². The first-order valence-corrected chi connectivity index (χ1v) is 11.6. The molecule has 11 heteroatoms. The van der Waals surface area contributed by atoms with Gasteiger partial charge < -0.3 is 25.8 Å². The number of nitrogens with two attached hydrogens (primary N) is 1. The number of rotatable bonds is 7. The van der Waals surface area contributed by atoms with Gasteiger partial charge in [0, 0.05) is 30.8 Å². The van der Waals surface area contributed by atoms with Gasteiger partial charge in [0.15, 0.2) is 6.17 Å². The van der Waals surface area contributed by atoms with E-state index in [4.69, 9.17) is 15.6 Å². The molecule has 4 rings (SSSR count). The Hall–Kier alpha value is -3.18. The second kappa shape index (κ2) is 10.4. The molecule has 2 aromatic rings. The highest BCUT2D eigenvalue weighted by Gasteiger charge is 2.58.